The van der Waals surface area contributed by atoms with Gasteiger partial charge in [-0.3, -0.25) is 10.1 Å². The van der Waals surface area contributed by atoms with E-state index < -0.39 is 0 Å². The van der Waals surface area contributed by atoms with Crippen LogP contribution in [-0.2, 0) is 4.79 Å². The van der Waals surface area contributed by atoms with Crippen LogP contribution in [0.5, 0.6) is 0 Å². The standard InChI is InChI=1S/C15H17N3O/c1-3-13(12-7-5-4-6-8-12)14(19)18-15-16-10-9-11(2)17-15/h4-10,13H,3H2,1-2H3,(H,16,17,18,19). The lowest BCUT2D eigenvalue weighted by molar-refractivity contribution is -0.117. The molecule has 1 unspecified atom stereocenters. The molecule has 0 aliphatic rings. The molecule has 0 saturated carbocycles. The van der Waals surface area contributed by atoms with Gasteiger partial charge in [-0.1, -0.05) is 37.3 Å². The second kappa shape index (κ2) is 6.09. The van der Waals surface area contributed by atoms with Crippen molar-refractivity contribution in [1.82, 2.24) is 9.97 Å². The number of hydrogen-bond donors (Lipinski definition) is 1. The first-order valence-electron chi connectivity index (χ1n) is 6.36. The van der Waals surface area contributed by atoms with E-state index in [0.717, 1.165) is 17.7 Å². The van der Waals surface area contributed by atoms with Crippen LogP contribution in [0.15, 0.2) is 42.6 Å². The van der Waals surface area contributed by atoms with Gasteiger partial charge in [0, 0.05) is 11.9 Å². The molecule has 19 heavy (non-hydrogen) atoms. The van der Waals surface area contributed by atoms with Gasteiger partial charge in [0.2, 0.25) is 11.9 Å². The maximum Gasteiger partial charge on any atom is 0.234 e. The summed E-state index contributed by atoms with van der Waals surface area (Å²) in [5.41, 5.74) is 1.84. The van der Waals surface area contributed by atoms with Crippen LogP contribution in [0.4, 0.5) is 5.95 Å². The third kappa shape index (κ3) is 3.37. The third-order valence-electron chi connectivity index (χ3n) is 2.96. The summed E-state index contributed by atoms with van der Waals surface area (Å²) < 4.78 is 0. The highest BCUT2D eigenvalue weighted by atomic mass is 16.2. The second-order valence-electron chi connectivity index (χ2n) is 4.38. The molecule has 1 amide bonds. The number of aryl methyl sites for hydroxylation is 1. The lowest BCUT2D eigenvalue weighted by Crippen LogP contribution is -2.22. The molecule has 1 aromatic carbocycles. The third-order valence-corrected chi connectivity index (χ3v) is 2.96. The van der Waals surface area contributed by atoms with Crippen molar-refractivity contribution in [2.75, 3.05) is 5.32 Å². The van der Waals surface area contributed by atoms with Crippen molar-refractivity contribution in [1.29, 1.82) is 0 Å². The molecule has 1 atom stereocenters. The Balaban J connectivity index is 2.14. The van der Waals surface area contributed by atoms with Gasteiger partial charge in [0.25, 0.3) is 0 Å². The van der Waals surface area contributed by atoms with Crippen molar-refractivity contribution in [3.63, 3.8) is 0 Å². The molecule has 4 nitrogen and oxygen atoms in total. The Hall–Kier alpha value is -2.23. The molecule has 2 aromatic rings. The second-order valence-corrected chi connectivity index (χ2v) is 4.38. The first-order chi connectivity index (χ1) is 9.20. The van der Waals surface area contributed by atoms with Gasteiger partial charge in [-0.15, -0.1) is 0 Å². The summed E-state index contributed by atoms with van der Waals surface area (Å²) in [6.07, 6.45) is 2.38. The molecule has 0 fully saturated rings. The van der Waals surface area contributed by atoms with Gasteiger partial charge >= 0.3 is 0 Å². The molecular formula is C15H17N3O. The van der Waals surface area contributed by atoms with Gasteiger partial charge in [-0.05, 0) is 25.0 Å². The van der Waals surface area contributed by atoms with Crippen molar-refractivity contribution in [3.8, 4) is 0 Å². The fraction of sp³-hybridized carbons (Fsp3) is 0.267. The summed E-state index contributed by atoms with van der Waals surface area (Å²) in [5, 5.41) is 2.77. The summed E-state index contributed by atoms with van der Waals surface area (Å²) in [4.78, 5) is 20.5. The van der Waals surface area contributed by atoms with E-state index in [1.165, 1.54) is 0 Å². The normalized spacial score (nSPS) is 11.9. The van der Waals surface area contributed by atoms with Crippen LogP contribution >= 0.6 is 0 Å². The lowest BCUT2D eigenvalue weighted by atomic mass is 9.96. The summed E-state index contributed by atoms with van der Waals surface area (Å²) >= 11 is 0. The number of amides is 1. The van der Waals surface area contributed by atoms with Crippen molar-refractivity contribution < 1.29 is 4.79 Å². The van der Waals surface area contributed by atoms with Gasteiger partial charge < -0.3 is 0 Å². The number of anilines is 1. The summed E-state index contributed by atoms with van der Waals surface area (Å²) in [5.74, 6) is 0.115. The van der Waals surface area contributed by atoms with E-state index in [1.807, 2.05) is 44.2 Å². The maximum absolute atomic E-state index is 12.3. The van der Waals surface area contributed by atoms with E-state index in [2.05, 4.69) is 15.3 Å². The average Bonchev–Trinajstić information content (AvgIpc) is 2.41. The van der Waals surface area contributed by atoms with E-state index in [-0.39, 0.29) is 11.8 Å². The zero-order valence-corrected chi connectivity index (χ0v) is 11.1. The highest BCUT2D eigenvalue weighted by molar-refractivity contribution is 5.94. The molecule has 2 rings (SSSR count). The smallest absolute Gasteiger partial charge is 0.234 e. The minimum absolute atomic E-state index is 0.0701. The molecule has 0 bridgehead atoms. The number of hydrogen-bond acceptors (Lipinski definition) is 3. The minimum Gasteiger partial charge on any atom is -0.294 e. The molecule has 0 aliphatic heterocycles. The fourth-order valence-corrected chi connectivity index (χ4v) is 1.96. The van der Waals surface area contributed by atoms with E-state index in [9.17, 15) is 4.79 Å². The number of aromatic nitrogens is 2. The topological polar surface area (TPSA) is 54.9 Å². The van der Waals surface area contributed by atoms with Crippen LogP contribution in [0.3, 0.4) is 0 Å². The molecule has 1 aromatic heterocycles. The quantitative estimate of drug-likeness (QED) is 0.913. The SMILES string of the molecule is CCC(C(=O)Nc1nccc(C)n1)c1ccccc1. The molecule has 0 aliphatic carbocycles. The monoisotopic (exact) mass is 255 g/mol. The highest BCUT2D eigenvalue weighted by Crippen LogP contribution is 2.20. The first kappa shape index (κ1) is 13.2. The van der Waals surface area contributed by atoms with Gasteiger partial charge in [0.1, 0.15) is 0 Å². The van der Waals surface area contributed by atoms with E-state index >= 15 is 0 Å². The van der Waals surface area contributed by atoms with Crippen LogP contribution in [0.2, 0.25) is 0 Å². The van der Waals surface area contributed by atoms with Crippen molar-refractivity contribution in [3.05, 3.63) is 53.9 Å². The zero-order chi connectivity index (χ0) is 13.7. The Morgan fingerprint density at radius 2 is 2.00 bits per heavy atom. The molecule has 98 valence electrons. The number of rotatable bonds is 4. The van der Waals surface area contributed by atoms with Gasteiger partial charge in [0.15, 0.2) is 0 Å². The van der Waals surface area contributed by atoms with Gasteiger partial charge in [-0.25, -0.2) is 9.97 Å². The predicted molar refractivity (Wildman–Crippen MR) is 74.9 cm³/mol. The first-order valence-corrected chi connectivity index (χ1v) is 6.36. The zero-order valence-electron chi connectivity index (χ0n) is 11.1. The summed E-state index contributed by atoms with van der Waals surface area (Å²) in [7, 11) is 0. The summed E-state index contributed by atoms with van der Waals surface area (Å²) in [6, 6.07) is 11.5. The molecule has 0 radical (unpaired) electrons. The minimum atomic E-state index is -0.176. The van der Waals surface area contributed by atoms with Crippen LogP contribution in [0.25, 0.3) is 0 Å². The Kier molecular flexibility index (Phi) is 4.23. The van der Waals surface area contributed by atoms with Crippen LogP contribution in [-0.4, -0.2) is 15.9 Å². The fourth-order valence-electron chi connectivity index (χ4n) is 1.96. The van der Waals surface area contributed by atoms with Crippen molar-refractivity contribution >= 4 is 11.9 Å². The molecule has 1 N–H and O–H groups in total. The number of carbonyl (C=O) groups is 1. The van der Waals surface area contributed by atoms with E-state index in [1.54, 1.807) is 12.3 Å². The Morgan fingerprint density at radius 3 is 2.63 bits per heavy atom. The molecule has 0 spiro atoms. The number of carbonyl (C=O) groups excluding carboxylic acids is 1. The van der Waals surface area contributed by atoms with E-state index in [4.69, 9.17) is 0 Å². The highest BCUT2D eigenvalue weighted by Gasteiger charge is 2.19. The molecule has 0 saturated heterocycles. The largest absolute Gasteiger partial charge is 0.294 e. The number of nitrogens with one attached hydrogen (secondary N) is 1. The molecular weight excluding hydrogens is 238 g/mol. The average molecular weight is 255 g/mol. The maximum atomic E-state index is 12.3. The Bertz CT molecular complexity index is 554. The van der Waals surface area contributed by atoms with Crippen molar-refractivity contribution in [2.24, 2.45) is 0 Å². The number of benzene rings is 1. The molecule has 1 heterocycles. The van der Waals surface area contributed by atoms with Crippen LogP contribution in [0.1, 0.15) is 30.5 Å². The summed E-state index contributed by atoms with van der Waals surface area (Å²) in [6.45, 7) is 3.86. The Labute approximate surface area is 112 Å². The number of nitrogens with zero attached hydrogens (tertiary/aromatic N) is 2. The van der Waals surface area contributed by atoms with Gasteiger partial charge in [0.05, 0.1) is 5.92 Å². The lowest BCUT2D eigenvalue weighted by Gasteiger charge is -2.14. The van der Waals surface area contributed by atoms with Crippen LogP contribution in [0, 0.1) is 6.92 Å². The molecule has 4 heteroatoms. The Morgan fingerprint density at radius 1 is 1.26 bits per heavy atom. The predicted octanol–water partition coefficient (Wildman–Crippen LogP) is 2.92. The van der Waals surface area contributed by atoms with Crippen molar-refractivity contribution in [2.45, 2.75) is 26.2 Å². The van der Waals surface area contributed by atoms with Gasteiger partial charge in [-0.2, -0.15) is 0 Å². The van der Waals surface area contributed by atoms with E-state index in [0.29, 0.717) is 5.95 Å². The van der Waals surface area contributed by atoms with Crippen LogP contribution < -0.4 is 5.32 Å².